The number of nitrogens with zero attached hydrogens (tertiary/aromatic N) is 3. The van der Waals surface area contributed by atoms with E-state index in [0.29, 0.717) is 18.3 Å². The molecule has 124 valence electrons. The second-order valence-electron chi connectivity index (χ2n) is 5.74. The van der Waals surface area contributed by atoms with Gasteiger partial charge in [-0.2, -0.15) is 4.98 Å². The lowest BCUT2D eigenvalue weighted by Crippen LogP contribution is -2.25. The van der Waals surface area contributed by atoms with Crippen LogP contribution in [-0.4, -0.2) is 22.1 Å². The van der Waals surface area contributed by atoms with Gasteiger partial charge in [0.2, 0.25) is 5.89 Å². The standard InChI is InChI=1S/C19H20FN3O/c1-3-17-21-18(24-22-17)13-23(2)19(14-7-5-4-6-8-14)15-9-11-16(20)12-10-15/h4-12,19H,3,13H2,1-2H3. The van der Waals surface area contributed by atoms with E-state index in [4.69, 9.17) is 4.52 Å². The first kappa shape index (κ1) is 16.3. The summed E-state index contributed by atoms with van der Waals surface area (Å²) in [6.07, 6.45) is 0.743. The molecule has 0 radical (unpaired) electrons. The summed E-state index contributed by atoms with van der Waals surface area (Å²) < 4.78 is 18.6. The molecular weight excluding hydrogens is 305 g/mol. The van der Waals surface area contributed by atoms with Crippen LogP contribution in [0.25, 0.3) is 0 Å². The molecule has 0 N–H and O–H groups in total. The number of hydrogen-bond acceptors (Lipinski definition) is 4. The van der Waals surface area contributed by atoms with Crippen LogP contribution in [0.4, 0.5) is 4.39 Å². The van der Waals surface area contributed by atoms with E-state index in [1.165, 1.54) is 12.1 Å². The Hall–Kier alpha value is -2.53. The third-order valence-electron chi connectivity index (χ3n) is 3.95. The lowest BCUT2D eigenvalue weighted by molar-refractivity contribution is 0.229. The van der Waals surface area contributed by atoms with E-state index in [9.17, 15) is 4.39 Å². The molecule has 3 aromatic rings. The number of rotatable bonds is 6. The zero-order valence-corrected chi connectivity index (χ0v) is 13.8. The zero-order valence-electron chi connectivity index (χ0n) is 13.8. The summed E-state index contributed by atoms with van der Waals surface area (Å²) in [6, 6.07) is 16.7. The molecule has 1 unspecified atom stereocenters. The molecule has 0 spiro atoms. The number of benzene rings is 2. The molecule has 0 saturated heterocycles. The molecule has 0 amide bonds. The molecule has 1 aromatic heterocycles. The van der Waals surface area contributed by atoms with Gasteiger partial charge < -0.3 is 4.52 Å². The van der Waals surface area contributed by atoms with E-state index >= 15 is 0 Å². The van der Waals surface area contributed by atoms with Crippen molar-refractivity contribution < 1.29 is 8.91 Å². The van der Waals surface area contributed by atoms with Crippen molar-refractivity contribution in [2.45, 2.75) is 25.9 Å². The smallest absolute Gasteiger partial charge is 0.240 e. The molecule has 5 heteroatoms. The van der Waals surface area contributed by atoms with E-state index in [1.807, 2.05) is 44.3 Å². The van der Waals surface area contributed by atoms with Gasteiger partial charge >= 0.3 is 0 Å². The SMILES string of the molecule is CCc1noc(CN(C)C(c2ccccc2)c2ccc(F)cc2)n1. The molecule has 0 bridgehead atoms. The third-order valence-corrected chi connectivity index (χ3v) is 3.95. The Morgan fingerprint density at radius 3 is 2.33 bits per heavy atom. The molecule has 0 fully saturated rings. The topological polar surface area (TPSA) is 42.2 Å². The van der Waals surface area contributed by atoms with Gasteiger partial charge in [0.05, 0.1) is 12.6 Å². The van der Waals surface area contributed by atoms with Crippen LogP contribution < -0.4 is 0 Å². The zero-order chi connectivity index (χ0) is 16.9. The molecule has 3 rings (SSSR count). The van der Waals surface area contributed by atoms with E-state index < -0.39 is 0 Å². The van der Waals surface area contributed by atoms with Crippen LogP contribution in [0.5, 0.6) is 0 Å². The van der Waals surface area contributed by atoms with Gasteiger partial charge in [-0.25, -0.2) is 4.39 Å². The fourth-order valence-corrected chi connectivity index (χ4v) is 2.78. The Kier molecular flexibility index (Phi) is 5.01. The van der Waals surface area contributed by atoms with Gasteiger partial charge in [0.1, 0.15) is 5.82 Å². The number of aryl methyl sites for hydroxylation is 1. The van der Waals surface area contributed by atoms with Crippen molar-refractivity contribution in [2.75, 3.05) is 7.05 Å². The summed E-state index contributed by atoms with van der Waals surface area (Å²) in [5.74, 6) is 1.05. The largest absolute Gasteiger partial charge is 0.338 e. The Morgan fingerprint density at radius 2 is 1.71 bits per heavy atom. The van der Waals surface area contributed by atoms with Crippen molar-refractivity contribution >= 4 is 0 Å². The average molecular weight is 325 g/mol. The van der Waals surface area contributed by atoms with Crippen molar-refractivity contribution in [2.24, 2.45) is 0 Å². The highest BCUT2D eigenvalue weighted by Crippen LogP contribution is 2.28. The van der Waals surface area contributed by atoms with Gasteiger partial charge in [-0.3, -0.25) is 4.90 Å². The lowest BCUT2D eigenvalue weighted by Gasteiger charge is -2.27. The minimum Gasteiger partial charge on any atom is -0.338 e. The molecule has 0 aliphatic rings. The summed E-state index contributed by atoms with van der Waals surface area (Å²) in [5, 5.41) is 3.94. The maximum absolute atomic E-state index is 13.3. The Morgan fingerprint density at radius 1 is 1.04 bits per heavy atom. The summed E-state index contributed by atoms with van der Waals surface area (Å²) in [7, 11) is 2.00. The predicted octanol–water partition coefficient (Wildman–Crippen LogP) is 3.99. The summed E-state index contributed by atoms with van der Waals surface area (Å²) >= 11 is 0. The molecule has 0 saturated carbocycles. The molecule has 0 aliphatic carbocycles. The highest BCUT2D eigenvalue weighted by molar-refractivity contribution is 5.32. The van der Waals surface area contributed by atoms with Crippen molar-refractivity contribution in [3.05, 3.63) is 83.3 Å². The molecular formula is C19H20FN3O. The Bertz CT molecular complexity index is 771. The first-order valence-electron chi connectivity index (χ1n) is 7.99. The Labute approximate surface area is 140 Å². The molecule has 4 nitrogen and oxygen atoms in total. The van der Waals surface area contributed by atoms with Crippen LogP contribution in [0.2, 0.25) is 0 Å². The lowest BCUT2D eigenvalue weighted by atomic mass is 9.97. The van der Waals surface area contributed by atoms with E-state index in [2.05, 4.69) is 27.2 Å². The fourth-order valence-electron chi connectivity index (χ4n) is 2.78. The number of hydrogen-bond donors (Lipinski definition) is 0. The second-order valence-corrected chi connectivity index (χ2v) is 5.74. The van der Waals surface area contributed by atoms with Gasteiger partial charge in [0.15, 0.2) is 5.82 Å². The molecule has 24 heavy (non-hydrogen) atoms. The van der Waals surface area contributed by atoms with Crippen LogP contribution in [0.1, 0.15) is 35.8 Å². The third kappa shape index (κ3) is 3.68. The normalized spacial score (nSPS) is 12.5. The van der Waals surface area contributed by atoms with Crippen LogP contribution in [0.15, 0.2) is 59.1 Å². The molecule has 1 atom stereocenters. The van der Waals surface area contributed by atoms with Crippen molar-refractivity contribution in [3.8, 4) is 0 Å². The maximum atomic E-state index is 13.3. The summed E-state index contributed by atoms with van der Waals surface area (Å²) in [4.78, 5) is 6.49. The van der Waals surface area contributed by atoms with Gasteiger partial charge in [0, 0.05) is 6.42 Å². The van der Waals surface area contributed by atoms with E-state index in [-0.39, 0.29) is 11.9 Å². The van der Waals surface area contributed by atoms with Crippen LogP contribution >= 0.6 is 0 Å². The number of aromatic nitrogens is 2. The molecule has 1 heterocycles. The maximum Gasteiger partial charge on any atom is 0.240 e. The van der Waals surface area contributed by atoms with E-state index in [1.54, 1.807) is 0 Å². The van der Waals surface area contributed by atoms with Gasteiger partial charge in [-0.15, -0.1) is 0 Å². The van der Waals surface area contributed by atoms with Crippen molar-refractivity contribution in [3.63, 3.8) is 0 Å². The highest BCUT2D eigenvalue weighted by atomic mass is 19.1. The van der Waals surface area contributed by atoms with Gasteiger partial charge in [0.25, 0.3) is 0 Å². The van der Waals surface area contributed by atoms with Crippen LogP contribution in [-0.2, 0) is 13.0 Å². The molecule has 2 aromatic carbocycles. The monoisotopic (exact) mass is 325 g/mol. The van der Waals surface area contributed by atoms with Crippen molar-refractivity contribution in [1.29, 1.82) is 0 Å². The van der Waals surface area contributed by atoms with Gasteiger partial charge in [-0.1, -0.05) is 54.5 Å². The van der Waals surface area contributed by atoms with Gasteiger partial charge in [-0.05, 0) is 30.3 Å². The first-order chi connectivity index (χ1) is 11.7. The van der Waals surface area contributed by atoms with E-state index in [0.717, 1.165) is 17.5 Å². The summed E-state index contributed by atoms with van der Waals surface area (Å²) in [5.41, 5.74) is 2.14. The first-order valence-corrected chi connectivity index (χ1v) is 7.99. The Balaban J connectivity index is 1.90. The second kappa shape index (κ2) is 7.36. The van der Waals surface area contributed by atoms with Crippen molar-refractivity contribution in [1.82, 2.24) is 15.0 Å². The minimum atomic E-state index is -0.238. The highest BCUT2D eigenvalue weighted by Gasteiger charge is 2.21. The summed E-state index contributed by atoms with van der Waals surface area (Å²) in [6.45, 7) is 2.51. The minimum absolute atomic E-state index is 0.0243. The predicted molar refractivity (Wildman–Crippen MR) is 89.8 cm³/mol. The fraction of sp³-hybridized carbons (Fsp3) is 0.263. The number of halogens is 1. The van der Waals surface area contributed by atoms with Crippen LogP contribution in [0, 0.1) is 5.82 Å². The van der Waals surface area contributed by atoms with Crippen LogP contribution in [0.3, 0.4) is 0 Å². The molecule has 0 aliphatic heterocycles. The average Bonchev–Trinajstić information content (AvgIpc) is 3.05. The quantitative estimate of drug-likeness (QED) is 0.687.